The Balaban J connectivity index is 1.67. The zero-order valence-electron chi connectivity index (χ0n) is 19.5. The maximum Gasteiger partial charge on any atom is 0.170 e. The van der Waals surface area contributed by atoms with Crippen LogP contribution in [0.25, 0.3) is 33.4 Å². The third kappa shape index (κ3) is 3.77. The lowest BCUT2D eigenvalue weighted by molar-refractivity contribution is 0.122. The quantitative estimate of drug-likeness (QED) is 0.397. The standard InChI is InChI=1S/C26H32N4O2/c1-5-8-30-24-16-21(29-9-11-31-12-10-29)6-7-23(24)27-26(30)20-14-19(13-17(2)3)25-22(15-20)18(4)28-32-25/h6-7,14-17H,5,8-13H2,1-4H3. The molecule has 4 aromatic rings. The largest absolute Gasteiger partial charge is 0.378 e. The van der Waals surface area contributed by atoms with E-state index in [9.17, 15) is 0 Å². The molecule has 6 heteroatoms. The number of morpholine rings is 1. The molecule has 0 spiro atoms. The van der Waals surface area contributed by atoms with Crippen LogP contribution in [0.15, 0.2) is 34.9 Å². The zero-order valence-corrected chi connectivity index (χ0v) is 19.5. The Morgan fingerprint density at radius 2 is 1.91 bits per heavy atom. The second-order valence-corrected chi connectivity index (χ2v) is 9.24. The summed E-state index contributed by atoms with van der Waals surface area (Å²) < 4.78 is 13.6. The van der Waals surface area contributed by atoms with E-state index in [0.717, 1.165) is 79.3 Å². The summed E-state index contributed by atoms with van der Waals surface area (Å²) in [5.74, 6) is 1.55. The number of fused-ring (bicyclic) bond motifs is 2. The van der Waals surface area contributed by atoms with Crippen LogP contribution < -0.4 is 4.90 Å². The summed E-state index contributed by atoms with van der Waals surface area (Å²) in [7, 11) is 0. The van der Waals surface area contributed by atoms with Gasteiger partial charge < -0.3 is 18.7 Å². The molecule has 0 N–H and O–H groups in total. The molecule has 0 aliphatic carbocycles. The lowest BCUT2D eigenvalue weighted by Gasteiger charge is -2.28. The first-order chi connectivity index (χ1) is 15.5. The van der Waals surface area contributed by atoms with E-state index in [4.69, 9.17) is 14.2 Å². The van der Waals surface area contributed by atoms with Gasteiger partial charge in [0.2, 0.25) is 0 Å². The number of aromatic nitrogens is 3. The molecule has 0 bridgehead atoms. The molecular weight excluding hydrogens is 400 g/mol. The summed E-state index contributed by atoms with van der Waals surface area (Å²) in [6, 6.07) is 11.1. The summed E-state index contributed by atoms with van der Waals surface area (Å²) in [6.07, 6.45) is 2.00. The molecule has 0 atom stereocenters. The Labute approximate surface area is 189 Å². The van der Waals surface area contributed by atoms with Crippen LogP contribution in [0.5, 0.6) is 0 Å². The first-order valence-corrected chi connectivity index (χ1v) is 11.8. The predicted molar refractivity (Wildman–Crippen MR) is 129 cm³/mol. The van der Waals surface area contributed by atoms with Crippen LogP contribution in [-0.4, -0.2) is 41.0 Å². The molecule has 2 aromatic heterocycles. The Morgan fingerprint density at radius 3 is 2.66 bits per heavy atom. The van der Waals surface area contributed by atoms with Gasteiger partial charge in [-0.05, 0) is 61.6 Å². The van der Waals surface area contributed by atoms with Gasteiger partial charge in [0.25, 0.3) is 0 Å². The minimum Gasteiger partial charge on any atom is -0.378 e. The molecule has 2 aromatic carbocycles. The highest BCUT2D eigenvalue weighted by Gasteiger charge is 2.19. The molecule has 1 aliphatic heterocycles. The fourth-order valence-corrected chi connectivity index (χ4v) is 4.75. The molecular formula is C26H32N4O2. The number of hydrogen-bond donors (Lipinski definition) is 0. The fraction of sp³-hybridized carbons (Fsp3) is 0.462. The molecule has 1 saturated heterocycles. The first kappa shape index (κ1) is 21.0. The maximum absolute atomic E-state index is 5.70. The molecule has 32 heavy (non-hydrogen) atoms. The number of nitrogens with zero attached hydrogens (tertiary/aromatic N) is 4. The van der Waals surface area contributed by atoms with E-state index in [2.05, 4.69) is 65.7 Å². The van der Waals surface area contributed by atoms with Gasteiger partial charge in [-0.15, -0.1) is 0 Å². The maximum atomic E-state index is 5.70. The van der Waals surface area contributed by atoms with E-state index in [0.29, 0.717) is 5.92 Å². The fourth-order valence-electron chi connectivity index (χ4n) is 4.75. The van der Waals surface area contributed by atoms with Gasteiger partial charge >= 0.3 is 0 Å². The summed E-state index contributed by atoms with van der Waals surface area (Å²) in [5, 5.41) is 5.33. The molecule has 5 rings (SSSR count). The Kier molecular flexibility index (Phi) is 5.64. The average molecular weight is 433 g/mol. The molecule has 0 unspecified atom stereocenters. The summed E-state index contributed by atoms with van der Waals surface area (Å²) in [5.41, 5.74) is 7.66. The highest BCUT2D eigenvalue weighted by Crippen LogP contribution is 2.34. The van der Waals surface area contributed by atoms with Crippen molar-refractivity contribution in [3.8, 4) is 11.4 Å². The average Bonchev–Trinajstić information content (AvgIpc) is 3.35. The summed E-state index contributed by atoms with van der Waals surface area (Å²) in [6.45, 7) is 13.1. The van der Waals surface area contributed by atoms with Crippen LogP contribution in [0.3, 0.4) is 0 Å². The van der Waals surface area contributed by atoms with Gasteiger partial charge in [-0.25, -0.2) is 4.98 Å². The van der Waals surface area contributed by atoms with Gasteiger partial charge in [0, 0.05) is 36.3 Å². The van der Waals surface area contributed by atoms with Crippen molar-refractivity contribution in [2.45, 2.75) is 47.1 Å². The van der Waals surface area contributed by atoms with Gasteiger partial charge in [-0.1, -0.05) is 25.9 Å². The van der Waals surface area contributed by atoms with Crippen LogP contribution in [-0.2, 0) is 17.7 Å². The van der Waals surface area contributed by atoms with Gasteiger partial charge in [0.1, 0.15) is 5.82 Å². The molecule has 0 amide bonds. The summed E-state index contributed by atoms with van der Waals surface area (Å²) >= 11 is 0. The van der Waals surface area contributed by atoms with E-state index < -0.39 is 0 Å². The molecule has 168 valence electrons. The van der Waals surface area contributed by atoms with Gasteiger partial charge in [0.15, 0.2) is 5.58 Å². The van der Waals surface area contributed by atoms with Crippen molar-refractivity contribution in [2.75, 3.05) is 31.2 Å². The number of benzene rings is 2. The van der Waals surface area contributed by atoms with Crippen molar-refractivity contribution in [1.29, 1.82) is 0 Å². The monoisotopic (exact) mass is 432 g/mol. The third-order valence-electron chi connectivity index (χ3n) is 6.27. The van der Waals surface area contributed by atoms with Crippen molar-refractivity contribution in [2.24, 2.45) is 5.92 Å². The van der Waals surface area contributed by atoms with Gasteiger partial charge in [-0.3, -0.25) is 0 Å². The number of rotatable bonds is 6. The number of ether oxygens (including phenoxy) is 1. The number of aryl methyl sites for hydroxylation is 2. The molecule has 1 fully saturated rings. The van der Waals surface area contributed by atoms with Gasteiger partial charge in [-0.2, -0.15) is 0 Å². The first-order valence-electron chi connectivity index (χ1n) is 11.8. The third-order valence-corrected chi connectivity index (χ3v) is 6.27. The van der Waals surface area contributed by atoms with Crippen molar-refractivity contribution in [3.05, 3.63) is 41.6 Å². The lowest BCUT2D eigenvalue weighted by Crippen LogP contribution is -2.36. The van der Waals surface area contributed by atoms with E-state index in [-0.39, 0.29) is 0 Å². The highest BCUT2D eigenvalue weighted by atomic mass is 16.5. The van der Waals surface area contributed by atoms with E-state index in [1.165, 1.54) is 16.8 Å². The second kappa shape index (κ2) is 8.58. The van der Waals surface area contributed by atoms with Crippen molar-refractivity contribution >= 4 is 27.7 Å². The minimum absolute atomic E-state index is 0.532. The van der Waals surface area contributed by atoms with Gasteiger partial charge in [0.05, 0.1) is 29.9 Å². The predicted octanol–water partition coefficient (Wildman–Crippen LogP) is 5.60. The minimum atomic E-state index is 0.532. The number of anilines is 1. The van der Waals surface area contributed by atoms with Crippen LogP contribution in [0.1, 0.15) is 38.4 Å². The molecule has 3 heterocycles. The Hall–Kier alpha value is -2.86. The smallest absolute Gasteiger partial charge is 0.170 e. The number of imidazole rings is 1. The Bertz CT molecular complexity index is 1250. The lowest BCUT2D eigenvalue weighted by atomic mass is 9.98. The summed E-state index contributed by atoms with van der Waals surface area (Å²) in [4.78, 5) is 7.50. The van der Waals surface area contributed by atoms with Crippen LogP contribution >= 0.6 is 0 Å². The van der Waals surface area contributed by atoms with E-state index in [1.54, 1.807) is 0 Å². The van der Waals surface area contributed by atoms with E-state index >= 15 is 0 Å². The topological polar surface area (TPSA) is 56.3 Å². The number of hydrogen-bond acceptors (Lipinski definition) is 5. The normalized spacial score (nSPS) is 14.8. The second-order valence-electron chi connectivity index (χ2n) is 9.24. The van der Waals surface area contributed by atoms with Crippen LogP contribution in [0.2, 0.25) is 0 Å². The highest BCUT2D eigenvalue weighted by molar-refractivity contribution is 5.89. The SMILES string of the molecule is CCCn1c(-c2cc(CC(C)C)c3onc(C)c3c2)nc2ccc(N3CCOCC3)cc21. The molecule has 1 aliphatic rings. The Morgan fingerprint density at radius 1 is 1.09 bits per heavy atom. The van der Waals surface area contributed by atoms with Crippen molar-refractivity contribution in [3.63, 3.8) is 0 Å². The van der Waals surface area contributed by atoms with Crippen molar-refractivity contribution in [1.82, 2.24) is 14.7 Å². The van der Waals surface area contributed by atoms with Crippen LogP contribution in [0.4, 0.5) is 5.69 Å². The van der Waals surface area contributed by atoms with Crippen LogP contribution in [0, 0.1) is 12.8 Å². The molecule has 6 nitrogen and oxygen atoms in total. The zero-order chi connectivity index (χ0) is 22.2. The van der Waals surface area contributed by atoms with E-state index in [1.807, 2.05) is 6.92 Å². The molecule has 0 radical (unpaired) electrons. The van der Waals surface area contributed by atoms with Crippen molar-refractivity contribution < 1.29 is 9.26 Å². The molecule has 0 saturated carbocycles.